The molecular weight excluding hydrogens is 424 g/mol. The number of hydrogen-bond donors (Lipinski definition) is 0. The van der Waals surface area contributed by atoms with Crippen molar-refractivity contribution in [2.45, 2.75) is 90.3 Å². The zero-order valence-electron chi connectivity index (χ0n) is 20.3. The number of rotatable bonds is 4. The van der Waals surface area contributed by atoms with Crippen LogP contribution in [0, 0.1) is 17.3 Å². The summed E-state index contributed by atoms with van der Waals surface area (Å²) in [6.07, 6.45) is -0.0658. The highest BCUT2D eigenvalue weighted by Gasteiger charge is 2.77. The number of carbonyl (C=O) groups is 3. The third kappa shape index (κ3) is 3.65. The minimum atomic E-state index is -0.912. The normalized spacial score (nSPS) is 38.7. The van der Waals surface area contributed by atoms with Crippen molar-refractivity contribution in [3.05, 3.63) is 35.9 Å². The molecule has 180 valence electrons. The molecule has 1 spiro atoms. The van der Waals surface area contributed by atoms with Gasteiger partial charge in [0.05, 0.1) is 22.2 Å². The van der Waals surface area contributed by atoms with Crippen molar-refractivity contribution in [1.82, 2.24) is 0 Å². The molecule has 0 radical (unpaired) electrons. The zero-order valence-corrected chi connectivity index (χ0v) is 20.3. The fourth-order valence-corrected chi connectivity index (χ4v) is 6.68. The first-order valence-corrected chi connectivity index (χ1v) is 11.7. The molecule has 1 heterocycles. The van der Waals surface area contributed by atoms with Crippen molar-refractivity contribution in [3.8, 4) is 0 Å². The predicted octanol–water partition coefficient (Wildman–Crippen LogP) is 4.08. The molecule has 7 nitrogen and oxygen atoms in total. The van der Waals surface area contributed by atoms with Crippen molar-refractivity contribution in [3.63, 3.8) is 0 Å². The van der Waals surface area contributed by atoms with E-state index in [1.165, 1.54) is 13.8 Å². The van der Waals surface area contributed by atoms with E-state index in [2.05, 4.69) is 6.92 Å². The van der Waals surface area contributed by atoms with Gasteiger partial charge in [0.15, 0.2) is 6.10 Å². The van der Waals surface area contributed by atoms with Gasteiger partial charge < -0.3 is 18.9 Å². The van der Waals surface area contributed by atoms with Crippen LogP contribution in [0.15, 0.2) is 30.3 Å². The maximum atomic E-state index is 13.3. The standard InChI is InChI=1S/C26H34O7/c1-15-12-13-20(30-16(2)27)25(6)22(32-23(29)18-10-8-7-9-11-18)21(31-17(3)28)19-14-26(15,25)33-24(19,4)5/h7-11,15,19-22H,12-14H2,1-6H3/t15-,19+,20+,21+,22+,25+,26+/m1/s1. The number of esters is 3. The fourth-order valence-electron chi connectivity index (χ4n) is 6.68. The molecule has 33 heavy (non-hydrogen) atoms. The highest BCUT2D eigenvalue weighted by molar-refractivity contribution is 5.89. The Morgan fingerprint density at radius 3 is 2.18 bits per heavy atom. The average molecular weight is 459 g/mol. The molecule has 7 atom stereocenters. The molecule has 7 heteroatoms. The van der Waals surface area contributed by atoms with Gasteiger partial charge >= 0.3 is 17.9 Å². The number of benzene rings is 1. The summed E-state index contributed by atoms with van der Waals surface area (Å²) in [6, 6.07) is 8.73. The number of hydrogen-bond acceptors (Lipinski definition) is 7. The molecule has 0 unspecified atom stereocenters. The van der Waals surface area contributed by atoms with Gasteiger partial charge in [-0.05, 0) is 58.1 Å². The third-order valence-corrected chi connectivity index (χ3v) is 8.24. The van der Waals surface area contributed by atoms with E-state index in [1.54, 1.807) is 24.3 Å². The van der Waals surface area contributed by atoms with Gasteiger partial charge in [0, 0.05) is 19.8 Å². The van der Waals surface area contributed by atoms with Crippen LogP contribution in [0.5, 0.6) is 0 Å². The summed E-state index contributed by atoms with van der Waals surface area (Å²) in [6.45, 7) is 10.8. The largest absolute Gasteiger partial charge is 0.462 e. The summed E-state index contributed by atoms with van der Waals surface area (Å²) >= 11 is 0. The Balaban J connectivity index is 1.86. The van der Waals surface area contributed by atoms with Crippen LogP contribution in [0.1, 0.15) is 71.2 Å². The van der Waals surface area contributed by atoms with Crippen molar-refractivity contribution in [2.75, 3.05) is 0 Å². The SMILES string of the molecule is CC(=O)O[C@H]1[C@@H]2C[C@]3(OC2(C)C)[C@H](C)CC[C@H](OC(C)=O)[C@@]3(C)[C@H]1OC(=O)c1ccccc1. The van der Waals surface area contributed by atoms with Crippen LogP contribution in [0.3, 0.4) is 0 Å². The summed E-state index contributed by atoms with van der Waals surface area (Å²) in [5, 5.41) is 0. The second-order valence-corrected chi connectivity index (χ2v) is 10.5. The highest BCUT2D eigenvalue weighted by Crippen LogP contribution is 2.67. The van der Waals surface area contributed by atoms with Crippen LogP contribution in [0.25, 0.3) is 0 Å². The Morgan fingerprint density at radius 1 is 0.939 bits per heavy atom. The summed E-state index contributed by atoms with van der Waals surface area (Å²) in [4.78, 5) is 37.5. The third-order valence-electron chi connectivity index (χ3n) is 8.24. The predicted molar refractivity (Wildman–Crippen MR) is 119 cm³/mol. The van der Waals surface area contributed by atoms with E-state index in [1.807, 2.05) is 26.8 Å². The van der Waals surface area contributed by atoms with E-state index in [9.17, 15) is 14.4 Å². The smallest absolute Gasteiger partial charge is 0.338 e. The van der Waals surface area contributed by atoms with Gasteiger partial charge in [0.1, 0.15) is 12.2 Å². The molecule has 0 aromatic heterocycles. The van der Waals surface area contributed by atoms with Crippen LogP contribution < -0.4 is 0 Å². The van der Waals surface area contributed by atoms with Gasteiger partial charge in [-0.1, -0.05) is 25.1 Å². The molecule has 2 bridgehead atoms. The molecule has 1 aromatic rings. The molecule has 0 amide bonds. The summed E-state index contributed by atoms with van der Waals surface area (Å²) in [7, 11) is 0. The topological polar surface area (TPSA) is 88.1 Å². The zero-order chi connectivity index (χ0) is 24.2. The van der Waals surface area contributed by atoms with Crippen molar-refractivity contribution in [1.29, 1.82) is 0 Å². The molecule has 2 aliphatic carbocycles. The first-order valence-electron chi connectivity index (χ1n) is 11.7. The van der Waals surface area contributed by atoms with E-state index in [0.717, 1.165) is 6.42 Å². The fraction of sp³-hybridized carbons (Fsp3) is 0.654. The van der Waals surface area contributed by atoms with Gasteiger partial charge in [-0.2, -0.15) is 0 Å². The van der Waals surface area contributed by atoms with Crippen LogP contribution in [0.2, 0.25) is 0 Å². The minimum absolute atomic E-state index is 0.134. The Kier molecular flexibility index (Phi) is 5.84. The Morgan fingerprint density at radius 2 is 1.58 bits per heavy atom. The van der Waals surface area contributed by atoms with Crippen LogP contribution in [0.4, 0.5) is 0 Å². The van der Waals surface area contributed by atoms with Crippen molar-refractivity contribution in [2.24, 2.45) is 17.3 Å². The lowest BCUT2D eigenvalue weighted by molar-refractivity contribution is -0.270. The average Bonchev–Trinajstić information content (AvgIpc) is 3.01. The number of carbonyl (C=O) groups excluding carboxylic acids is 3. The van der Waals surface area contributed by atoms with Crippen molar-refractivity contribution < 1.29 is 33.3 Å². The Labute approximate surface area is 195 Å². The quantitative estimate of drug-likeness (QED) is 0.496. The second-order valence-electron chi connectivity index (χ2n) is 10.5. The van der Waals surface area contributed by atoms with Crippen molar-refractivity contribution >= 4 is 17.9 Å². The lowest BCUT2D eigenvalue weighted by Crippen LogP contribution is -2.71. The number of ether oxygens (including phenoxy) is 4. The first-order chi connectivity index (χ1) is 15.4. The summed E-state index contributed by atoms with van der Waals surface area (Å²) in [5.41, 5.74) is -1.83. The van der Waals surface area contributed by atoms with Gasteiger partial charge in [0.2, 0.25) is 0 Å². The van der Waals surface area contributed by atoms with Gasteiger partial charge in [-0.25, -0.2) is 4.79 Å². The van der Waals surface area contributed by atoms with Crippen LogP contribution >= 0.6 is 0 Å². The summed E-state index contributed by atoms with van der Waals surface area (Å²) < 4.78 is 24.8. The minimum Gasteiger partial charge on any atom is -0.462 e. The molecular formula is C26H34O7. The molecule has 2 saturated carbocycles. The molecule has 3 fully saturated rings. The second kappa shape index (κ2) is 8.12. The first kappa shape index (κ1) is 23.7. The van der Waals surface area contributed by atoms with E-state index in [4.69, 9.17) is 18.9 Å². The summed E-state index contributed by atoms with van der Waals surface area (Å²) in [5.74, 6) is -1.40. The van der Waals surface area contributed by atoms with E-state index < -0.39 is 52.8 Å². The number of fused-ring (bicyclic) bond motifs is 1. The van der Waals surface area contributed by atoms with E-state index in [-0.39, 0.29) is 11.8 Å². The highest BCUT2D eigenvalue weighted by atomic mass is 16.6. The van der Waals surface area contributed by atoms with Gasteiger partial charge in [-0.15, -0.1) is 0 Å². The molecule has 1 aliphatic heterocycles. The lowest BCUT2D eigenvalue weighted by atomic mass is 9.49. The Hall–Kier alpha value is -2.41. The maximum absolute atomic E-state index is 13.3. The van der Waals surface area contributed by atoms with Gasteiger partial charge in [0.25, 0.3) is 0 Å². The molecule has 1 aromatic carbocycles. The molecule has 4 rings (SSSR count). The Bertz CT molecular complexity index is 941. The monoisotopic (exact) mass is 458 g/mol. The lowest BCUT2D eigenvalue weighted by Gasteiger charge is -2.61. The molecule has 0 N–H and O–H groups in total. The van der Waals surface area contributed by atoms with Crippen LogP contribution in [-0.4, -0.2) is 47.4 Å². The molecule has 3 aliphatic rings. The van der Waals surface area contributed by atoms with E-state index in [0.29, 0.717) is 18.4 Å². The van der Waals surface area contributed by atoms with Gasteiger partial charge in [-0.3, -0.25) is 9.59 Å². The van der Waals surface area contributed by atoms with E-state index >= 15 is 0 Å². The van der Waals surface area contributed by atoms with Crippen LogP contribution in [-0.2, 0) is 28.5 Å². The molecule has 1 saturated heterocycles. The maximum Gasteiger partial charge on any atom is 0.338 e.